The number of alkyl halides is 3. The Kier molecular flexibility index (Phi) is 4.45. The van der Waals surface area contributed by atoms with Gasteiger partial charge in [-0.25, -0.2) is 0 Å². The molecule has 0 unspecified atom stereocenters. The van der Waals surface area contributed by atoms with Crippen LogP contribution >= 0.6 is 0 Å². The number of carbonyl (C=O) groups is 2. The molecule has 0 saturated heterocycles. The van der Waals surface area contributed by atoms with Crippen LogP contribution in [0.4, 0.5) is 13.2 Å². The molecule has 0 bridgehead atoms. The number of hydrogen-bond acceptors (Lipinski definition) is 2. The molecular formula is C15H11F3N2O2. The zero-order valence-corrected chi connectivity index (χ0v) is 11.1. The minimum absolute atomic E-state index is 0.205. The van der Waals surface area contributed by atoms with Crippen LogP contribution in [0.1, 0.15) is 26.3 Å². The molecule has 0 aromatic heterocycles. The number of amides is 2. The summed E-state index contributed by atoms with van der Waals surface area (Å²) in [5.41, 5.74) is 3.38. The molecule has 0 radical (unpaired) electrons. The van der Waals surface area contributed by atoms with Crippen molar-refractivity contribution in [3.63, 3.8) is 0 Å². The van der Waals surface area contributed by atoms with Gasteiger partial charge in [-0.3, -0.25) is 20.4 Å². The molecule has 7 heteroatoms. The first-order valence-corrected chi connectivity index (χ1v) is 6.21. The Morgan fingerprint density at radius 2 is 1.32 bits per heavy atom. The third kappa shape index (κ3) is 3.85. The molecule has 0 saturated carbocycles. The average molecular weight is 308 g/mol. The molecule has 4 nitrogen and oxygen atoms in total. The quantitative estimate of drug-likeness (QED) is 0.838. The van der Waals surface area contributed by atoms with Gasteiger partial charge in [0.2, 0.25) is 0 Å². The van der Waals surface area contributed by atoms with Gasteiger partial charge < -0.3 is 0 Å². The SMILES string of the molecule is O=C(NNC(=O)c1cccc(C(F)(F)F)c1)c1ccccc1. The van der Waals surface area contributed by atoms with Crippen molar-refractivity contribution in [2.45, 2.75) is 6.18 Å². The van der Waals surface area contributed by atoms with Crippen molar-refractivity contribution in [2.75, 3.05) is 0 Å². The van der Waals surface area contributed by atoms with Crippen LogP contribution in [0.5, 0.6) is 0 Å². The molecule has 0 aliphatic carbocycles. The van der Waals surface area contributed by atoms with E-state index in [1.54, 1.807) is 18.2 Å². The van der Waals surface area contributed by atoms with E-state index in [2.05, 4.69) is 10.9 Å². The third-order valence-corrected chi connectivity index (χ3v) is 2.78. The van der Waals surface area contributed by atoms with E-state index in [-0.39, 0.29) is 5.56 Å². The van der Waals surface area contributed by atoms with Crippen LogP contribution in [-0.4, -0.2) is 11.8 Å². The third-order valence-electron chi connectivity index (χ3n) is 2.78. The summed E-state index contributed by atoms with van der Waals surface area (Å²) in [5.74, 6) is -1.41. The fourth-order valence-corrected chi connectivity index (χ4v) is 1.68. The molecule has 0 fully saturated rings. The fraction of sp³-hybridized carbons (Fsp3) is 0.0667. The molecule has 2 aromatic carbocycles. The maximum atomic E-state index is 12.6. The molecule has 2 N–H and O–H groups in total. The predicted molar refractivity (Wildman–Crippen MR) is 72.8 cm³/mol. The normalized spacial score (nSPS) is 10.9. The minimum atomic E-state index is -4.54. The van der Waals surface area contributed by atoms with Crippen molar-refractivity contribution in [3.8, 4) is 0 Å². The van der Waals surface area contributed by atoms with E-state index in [0.29, 0.717) is 11.6 Å². The van der Waals surface area contributed by atoms with Crippen LogP contribution in [0.15, 0.2) is 54.6 Å². The highest BCUT2D eigenvalue weighted by Gasteiger charge is 2.30. The van der Waals surface area contributed by atoms with Crippen LogP contribution in [0.3, 0.4) is 0 Å². The van der Waals surface area contributed by atoms with Gasteiger partial charge in [0.1, 0.15) is 0 Å². The lowest BCUT2D eigenvalue weighted by molar-refractivity contribution is -0.137. The predicted octanol–water partition coefficient (Wildman–Crippen LogP) is 2.78. The van der Waals surface area contributed by atoms with Crippen molar-refractivity contribution in [3.05, 3.63) is 71.3 Å². The summed E-state index contributed by atoms with van der Waals surface area (Å²) in [7, 11) is 0. The monoisotopic (exact) mass is 308 g/mol. The highest BCUT2D eigenvalue weighted by Crippen LogP contribution is 2.29. The van der Waals surface area contributed by atoms with Crippen molar-refractivity contribution >= 4 is 11.8 Å². The lowest BCUT2D eigenvalue weighted by Crippen LogP contribution is -2.41. The van der Waals surface area contributed by atoms with Crippen LogP contribution in [-0.2, 0) is 6.18 Å². The van der Waals surface area contributed by atoms with Crippen molar-refractivity contribution in [1.82, 2.24) is 10.9 Å². The molecule has 22 heavy (non-hydrogen) atoms. The Morgan fingerprint density at radius 3 is 1.91 bits per heavy atom. The summed E-state index contributed by atoms with van der Waals surface area (Å²) in [6.07, 6.45) is -4.54. The number of nitrogens with one attached hydrogen (secondary N) is 2. The Hall–Kier alpha value is -2.83. The van der Waals surface area contributed by atoms with Gasteiger partial charge in [-0.1, -0.05) is 24.3 Å². The van der Waals surface area contributed by atoms with E-state index >= 15 is 0 Å². The first-order valence-electron chi connectivity index (χ1n) is 6.21. The van der Waals surface area contributed by atoms with Gasteiger partial charge in [0, 0.05) is 11.1 Å². The van der Waals surface area contributed by atoms with Gasteiger partial charge in [-0.05, 0) is 30.3 Å². The van der Waals surface area contributed by atoms with E-state index in [1.165, 1.54) is 18.2 Å². The van der Waals surface area contributed by atoms with Gasteiger partial charge in [0.15, 0.2) is 0 Å². The summed E-state index contributed by atoms with van der Waals surface area (Å²) in [5, 5.41) is 0. The number of benzene rings is 2. The van der Waals surface area contributed by atoms with Crippen LogP contribution < -0.4 is 10.9 Å². The number of rotatable bonds is 2. The highest BCUT2D eigenvalue weighted by molar-refractivity contribution is 5.99. The lowest BCUT2D eigenvalue weighted by Gasteiger charge is -2.10. The molecule has 2 rings (SSSR count). The van der Waals surface area contributed by atoms with E-state index in [9.17, 15) is 22.8 Å². The second-order valence-corrected chi connectivity index (χ2v) is 4.35. The van der Waals surface area contributed by atoms with Crippen molar-refractivity contribution < 1.29 is 22.8 Å². The Labute approximate surface area is 123 Å². The second-order valence-electron chi connectivity index (χ2n) is 4.35. The van der Waals surface area contributed by atoms with E-state index in [0.717, 1.165) is 12.1 Å². The minimum Gasteiger partial charge on any atom is -0.267 e. The lowest BCUT2D eigenvalue weighted by atomic mass is 10.1. The molecule has 0 spiro atoms. The largest absolute Gasteiger partial charge is 0.416 e. The van der Waals surface area contributed by atoms with Gasteiger partial charge >= 0.3 is 6.18 Å². The number of halogens is 3. The van der Waals surface area contributed by atoms with Gasteiger partial charge in [-0.15, -0.1) is 0 Å². The second kappa shape index (κ2) is 6.30. The highest BCUT2D eigenvalue weighted by atomic mass is 19.4. The standard InChI is InChI=1S/C15H11F3N2O2/c16-15(17,18)12-8-4-7-11(9-12)14(22)20-19-13(21)10-5-2-1-3-6-10/h1-9H,(H,19,21)(H,20,22). The van der Waals surface area contributed by atoms with E-state index < -0.39 is 23.6 Å². The molecule has 0 aliphatic rings. The smallest absolute Gasteiger partial charge is 0.267 e. The summed E-state index contributed by atoms with van der Waals surface area (Å²) >= 11 is 0. The van der Waals surface area contributed by atoms with Crippen LogP contribution in [0, 0.1) is 0 Å². The summed E-state index contributed by atoms with van der Waals surface area (Å²) in [6.45, 7) is 0. The zero-order valence-electron chi connectivity index (χ0n) is 11.1. The Balaban J connectivity index is 2.03. The first kappa shape index (κ1) is 15.6. The topological polar surface area (TPSA) is 58.2 Å². The molecular weight excluding hydrogens is 297 g/mol. The van der Waals surface area contributed by atoms with Crippen LogP contribution in [0.2, 0.25) is 0 Å². The molecule has 114 valence electrons. The van der Waals surface area contributed by atoms with Crippen LogP contribution in [0.25, 0.3) is 0 Å². The van der Waals surface area contributed by atoms with E-state index in [4.69, 9.17) is 0 Å². The summed E-state index contributed by atoms with van der Waals surface area (Å²) in [6, 6.07) is 12.0. The molecule has 0 atom stereocenters. The maximum Gasteiger partial charge on any atom is 0.416 e. The summed E-state index contributed by atoms with van der Waals surface area (Å²) < 4.78 is 37.7. The number of hydrogen-bond donors (Lipinski definition) is 2. The number of carbonyl (C=O) groups excluding carboxylic acids is 2. The maximum absolute atomic E-state index is 12.6. The van der Waals surface area contributed by atoms with Gasteiger partial charge in [-0.2, -0.15) is 13.2 Å². The van der Waals surface area contributed by atoms with Gasteiger partial charge in [0.25, 0.3) is 11.8 Å². The first-order chi connectivity index (χ1) is 10.4. The molecule has 0 aliphatic heterocycles. The Morgan fingerprint density at radius 1 is 0.773 bits per heavy atom. The molecule has 2 amide bonds. The Bertz CT molecular complexity index is 685. The zero-order chi connectivity index (χ0) is 16.2. The average Bonchev–Trinajstić information content (AvgIpc) is 2.52. The molecule has 0 heterocycles. The fourth-order valence-electron chi connectivity index (χ4n) is 1.68. The summed E-state index contributed by atoms with van der Waals surface area (Å²) in [4.78, 5) is 23.5. The van der Waals surface area contributed by atoms with Crippen molar-refractivity contribution in [2.24, 2.45) is 0 Å². The van der Waals surface area contributed by atoms with Crippen molar-refractivity contribution in [1.29, 1.82) is 0 Å². The number of hydrazine groups is 1. The molecule has 2 aromatic rings. The van der Waals surface area contributed by atoms with E-state index in [1.807, 2.05) is 0 Å². The van der Waals surface area contributed by atoms with Gasteiger partial charge in [0.05, 0.1) is 5.56 Å².